The Morgan fingerprint density at radius 1 is 0.862 bits per heavy atom. The van der Waals surface area contributed by atoms with Crippen molar-refractivity contribution in [2.45, 2.75) is 6.92 Å². The van der Waals surface area contributed by atoms with Crippen LogP contribution in [0.2, 0.25) is 10.0 Å². The lowest BCUT2D eigenvalue weighted by Crippen LogP contribution is -2.37. The smallest absolute Gasteiger partial charge is 0.233 e. The number of hydrogen-bond acceptors (Lipinski definition) is 7. The minimum Gasteiger partial charge on any atom is -0.378 e. The van der Waals surface area contributed by atoms with Crippen molar-refractivity contribution >= 4 is 52.4 Å². The van der Waals surface area contributed by atoms with Gasteiger partial charge in [-0.05, 0) is 48.9 Å². The number of rotatable bonds is 5. The monoisotopic (exact) mass is 430 g/mol. The predicted octanol–water partition coefficient (Wildman–Crippen LogP) is 4.81. The molecule has 7 nitrogen and oxygen atoms in total. The molecule has 1 aliphatic heterocycles. The second kappa shape index (κ2) is 8.82. The average molecular weight is 431 g/mol. The summed E-state index contributed by atoms with van der Waals surface area (Å²) in [6.45, 7) is 4.68. The molecule has 1 fully saturated rings. The lowest BCUT2D eigenvalue weighted by atomic mass is 10.2. The Morgan fingerprint density at radius 2 is 1.48 bits per heavy atom. The molecule has 0 amide bonds. The zero-order valence-corrected chi connectivity index (χ0v) is 17.3. The summed E-state index contributed by atoms with van der Waals surface area (Å²) < 4.78 is 5.44. The first-order chi connectivity index (χ1) is 14.1. The fraction of sp³-hybridized carbons (Fsp3) is 0.250. The largest absolute Gasteiger partial charge is 0.378 e. The third-order valence-corrected chi connectivity index (χ3v) is 5.11. The molecule has 0 spiro atoms. The van der Waals surface area contributed by atoms with Gasteiger partial charge in [0.05, 0.1) is 13.2 Å². The van der Waals surface area contributed by atoms with Crippen LogP contribution in [0.1, 0.15) is 5.56 Å². The molecule has 2 heterocycles. The number of ether oxygens (including phenoxy) is 1. The van der Waals surface area contributed by atoms with Gasteiger partial charge in [0.15, 0.2) is 0 Å². The SMILES string of the molecule is Cc1ccc(Nc2nc(Nc3ccc(Cl)cc3)nc(N3CCOCC3)n2)cc1Cl. The Morgan fingerprint density at radius 3 is 2.14 bits per heavy atom. The topological polar surface area (TPSA) is 75.2 Å². The molecule has 0 aliphatic carbocycles. The summed E-state index contributed by atoms with van der Waals surface area (Å²) >= 11 is 12.2. The molecular weight excluding hydrogens is 411 g/mol. The van der Waals surface area contributed by atoms with Crippen molar-refractivity contribution in [2.75, 3.05) is 41.8 Å². The summed E-state index contributed by atoms with van der Waals surface area (Å²) in [5.41, 5.74) is 2.64. The third kappa shape index (κ3) is 5.06. The predicted molar refractivity (Wildman–Crippen MR) is 117 cm³/mol. The zero-order chi connectivity index (χ0) is 20.2. The fourth-order valence-corrected chi connectivity index (χ4v) is 3.15. The van der Waals surface area contributed by atoms with Crippen LogP contribution in [0.3, 0.4) is 0 Å². The molecule has 0 radical (unpaired) electrons. The Labute approximate surface area is 179 Å². The summed E-state index contributed by atoms with van der Waals surface area (Å²) in [4.78, 5) is 15.8. The second-order valence-electron chi connectivity index (χ2n) is 6.60. The van der Waals surface area contributed by atoms with E-state index in [-0.39, 0.29) is 0 Å². The molecule has 2 N–H and O–H groups in total. The first-order valence-electron chi connectivity index (χ1n) is 9.21. The van der Waals surface area contributed by atoms with E-state index in [1.54, 1.807) is 12.1 Å². The van der Waals surface area contributed by atoms with E-state index in [2.05, 4.69) is 30.5 Å². The van der Waals surface area contributed by atoms with Gasteiger partial charge in [0.1, 0.15) is 0 Å². The van der Waals surface area contributed by atoms with Crippen LogP contribution in [0, 0.1) is 6.92 Å². The van der Waals surface area contributed by atoms with E-state index in [1.165, 1.54) is 0 Å². The van der Waals surface area contributed by atoms with Crippen molar-refractivity contribution in [2.24, 2.45) is 0 Å². The van der Waals surface area contributed by atoms with E-state index < -0.39 is 0 Å². The maximum atomic E-state index is 6.25. The van der Waals surface area contributed by atoms with Gasteiger partial charge in [-0.1, -0.05) is 29.3 Å². The molecule has 9 heteroatoms. The van der Waals surface area contributed by atoms with E-state index >= 15 is 0 Å². The van der Waals surface area contributed by atoms with Gasteiger partial charge in [-0.15, -0.1) is 0 Å². The Balaban J connectivity index is 1.64. The van der Waals surface area contributed by atoms with Crippen LogP contribution >= 0.6 is 23.2 Å². The highest BCUT2D eigenvalue weighted by atomic mass is 35.5. The standard InChI is InChI=1S/C20H20Cl2N6O/c1-13-2-5-16(12-17(13)22)24-19-25-18(23-15-6-3-14(21)4-7-15)26-20(27-19)28-8-10-29-11-9-28/h2-7,12H,8-11H2,1H3,(H2,23,24,25,26,27). The van der Waals surface area contributed by atoms with E-state index in [4.69, 9.17) is 27.9 Å². The molecular formula is C20H20Cl2N6O. The molecule has 3 aromatic rings. The highest BCUT2D eigenvalue weighted by Gasteiger charge is 2.17. The van der Waals surface area contributed by atoms with Crippen molar-refractivity contribution in [3.05, 3.63) is 58.1 Å². The Hall–Kier alpha value is -2.61. The van der Waals surface area contributed by atoms with Crippen LogP contribution in [0.5, 0.6) is 0 Å². The molecule has 4 rings (SSSR count). The van der Waals surface area contributed by atoms with Gasteiger partial charge in [-0.2, -0.15) is 15.0 Å². The van der Waals surface area contributed by atoms with Gasteiger partial charge in [0.2, 0.25) is 17.8 Å². The van der Waals surface area contributed by atoms with Crippen LogP contribution in [0.25, 0.3) is 0 Å². The second-order valence-corrected chi connectivity index (χ2v) is 7.45. The van der Waals surface area contributed by atoms with E-state index in [1.807, 2.05) is 37.3 Å². The van der Waals surface area contributed by atoms with Crippen LogP contribution < -0.4 is 15.5 Å². The minimum atomic E-state index is 0.429. The highest BCUT2D eigenvalue weighted by Crippen LogP contribution is 2.24. The number of benzene rings is 2. The van der Waals surface area contributed by atoms with E-state index in [0.29, 0.717) is 41.1 Å². The molecule has 0 saturated carbocycles. The number of aromatic nitrogens is 3. The average Bonchev–Trinajstić information content (AvgIpc) is 2.73. The van der Waals surface area contributed by atoms with Gasteiger partial charge < -0.3 is 20.3 Å². The highest BCUT2D eigenvalue weighted by molar-refractivity contribution is 6.31. The van der Waals surface area contributed by atoms with Gasteiger partial charge in [-0.3, -0.25) is 0 Å². The molecule has 1 aliphatic rings. The number of nitrogens with one attached hydrogen (secondary N) is 2. The maximum Gasteiger partial charge on any atom is 0.233 e. The van der Waals surface area contributed by atoms with Gasteiger partial charge >= 0.3 is 0 Å². The molecule has 29 heavy (non-hydrogen) atoms. The maximum absolute atomic E-state index is 6.25. The van der Waals surface area contributed by atoms with E-state index in [0.717, 1.165) is 30.0 Å². The molecule has 1 aromatic heterocycles. The number of halogens is 2. The summed E-state index contributed by atoms with van der Waals surface area (Å²) in [6, 6.07) is 13.1. The summed E-state index contributed by atoms with van der Waals surface area (Å²) in [5.74, 6) is 1.45. The summed E-state index contributed by atoms with van der Waals surface area (Å²) in [5, 5.41) is 7.78. The molecule has 2 aromatic carbocycles. The molecule has 150 valence electrons. The van der Waals surface area contributed by atoms with Crippen molar-refractivity contribution in [1.29, 1.82) is 0 Å². The number of nitrogens with zero attached hydrogens (tertiary/aromatic N) is 4. The van der Waals surface area contributed by atoms with Gasteiger partial charge in [0.25, 0.3) is 0 Å². The van der Waals surface area contributed by atoms with Gasteiger partial charge in [0, 0.05) is 34.5 Å². The number of hydrogen-bond donors (Lipinski definition) is 2. The lowest BCUT2D eigenvalue weighted by Gasteiger charge is -2.27. The zero-order valence-electron chi connectivity index (χ0n) is 15.8. The van der Waals surface area contributed by atoms with E-state index in [9.17, 15) is 0 Å². The molecule has 0 atom stereocenters. The van der Waals surface area contributed by atoms with Crippen molar-refractivity contribution in [1.82, 2.24) is 15.0 Å². The van der Waals surface area contributed by atoms with Crippen LogP contribution in [0.15, 0.2) is 42.5 Å². The Kier molecular flexibility index (Phi) is 5.99. The number of morpholine rings is 1. The molecule has 0 bridgehead atoms. The lowest BCUT2D eigenvalue weighted by molar-refractivity contribution is 0.122. The number of aryl methyl sites for hydroxylation is 1. The summed E-state index contributed by atoms with van der Waals surface area (Å²) in [6.07, 6.45) is 0. The minimum absolute atomic E-state index is 0.429. The normalized spacial score (nSPS) is 14.0. The van der Waals surface area contributed by atoms with Crippen molar-refractivity contribution in [3.8, 4) is 0 Å². The first-order valence-corrected chi connectivity index (χ1v) is 9.97. The number of anilines is 5. The first kappa shape index (κ1) is 19.7. The quantitative estimate of drug-likeness (QED) is 0.601. The molecule has 0 unspecified atom stereocenters. The van der Waals surface area contributed by atoms with Crippen LogP contribution in [-0.2, 0) is 4.74 Å². The van der Waals surface area contributed by atoms with Crippen molar-refractivity contribution < 1.29 is 4.74 Å². The van der Waals surface area contributed by atoms with Gasteiger partial charge in [-0.25, -0.2) is 0 Å². The Bertz CT molecular complexity index is 993. The van der Waals surface area contributed by atoms with Crippen molar-refractivity contribution in [3.63, 3.8) is 0 Å². The van der Waals surface area contributed by atoms with Crippen LogP contribution in [-0.4, -0.2) is 41.3 Å². The van der Waals surface area contributed by atoms with Crippen LogP contribution in [0.4, 0.5) is 29.2 Å². The fourth-order valence-electron chi connectivity index (χ4n) is 2.84. The summed E-state index contributed by atoms with van der Waals surface area (Å²) in [7, 11) is 0. The molecule has 1 saturated heterocycles. The third-order valence-electron chi connectivity index (χ3n) is 4.45.